The van der Waals surface area contributed by atoms with Crippen LogP contribution in [0, 0.1) is 17.0 Å². The molecule has 1 fully saturated rings. The molecule has 0 saturated carbocycles. The molecule has 8 nitrogen and oxygen atoms in total. The standard InChI is InChI=1S/C23H25N3O5/c1-15-5-7-17(8-6-15)21(27)19-20(16-9-11-18(12-10-16)26(30)31)25(23(29)22(19)28)14-4-13-24(2)3/h5-12,20,27H,4,13-14H2,1-3H3. The lowest BCUT2D eigenvalue weighted by Gasteiger charge is -2.26. The summed E-state index contributed by atoms with van der Waals surface area (Å²) in [6.07, 6.45) is 0.633. The average Bonchev–Trinajstić information content (AvgIpc) is 2.98. The molecule has 1 saturated heterocycles. The summed E-state index contributed by atoms with van der Waals surface area (Å²) in [4.78, 5) is 39.7. The van der Waals surface area contributed by atoms with E-state index in [0.717, 1.165) is 5.56 Å². The minimum atomic E-state index is -0.815. The first kappa shape index (κ1) is 22.2. The van der Waals surface area contributed by atoms with Gasteiger partial charge in [-0.1, -0.05) is 29.8 Å². The zero-order chi connectivity index (χ0) is 22.7. The van der Waals surface area contributed by atoms with Gasteiger partial charge in [-0.15, -0.1) is 0 Å². The summed E-state index contributed by atoms with van der Waals surface area (Å²) in [5, 5.41) is 22.0. The van der Waals surface area contributed by atoms with Crippen LogP contribution in [0.15, 0.2) is 54.1 Å². The Kier molecular flexibility index (Phi) is 6.50. The lowest BCUT2D eigenvalue weighted by Crippen LogP contribution is -2.32. The Morgan fingerprint density at radius 1 is 1.10 bits per heavy atom. The monoisotopic (exact) mass is 423 g/mol. The molecular formula is C23H25N3O5. The highest BCUT2D eigenvalue weighted by Gasteiger charge is 2.45. The van der Waals surface area contributed by atoms with Gasteiger partial charge in [-0.25, -0.2) is 0 Å². The molecule has 162 valence electrons. The summed E-state index contributed by atoms with van der Waals surface area (Å²) < 4.78 is 0. The molecule has 8 heteroatoms. The van der Waals surface area contributed by atoms with Crippen molar-refractivity contribution in [2.24, 2.45) is 0 Å². The Labute approximate surface area is 180 Å². The van der Waals surface area contributed by atoms with Crippen LogP contribution in [0.5, 0.6) is 0 Å². The van der Waals surface area contributed by atoms with Crippen molar-refractivity contribution in [3.05, 3.63) is 80.9 Å². The summed E-state index contributed by atoms with van der Waals surface area (Å²) in [5.74, 6) is -1.70. The predicted octanol–water partition coefficient (Wildman–Crippen LogP) is 3.28. The highest BCUT2D eigenvalue weighted by atomic mass is 16.6. The molecule has 0 aliphatic carbocycles. The molecule has 1 aliphatic heterocycles. The van der Waals surface area contributed by atoms with Gasteiger partial charge in [-0.05, 0) is 51.7 Å². The maximum atomic E-state index is 12.9. The van der Waals surface area contributed by atoms with Gasteiger partial charge in [0.1, 0.15) is 5.76 Å². The zero-order valence-corrected chi connectivity index (χ0v) is 17.7. The van der Waals surface area contributed by atoms with Crippen LogP contribution in [-0.4, -0.2) is 58.7 Å². The Bertz CT molecular complexity index is 1030. The Morgan fingerprint density at radius 2 is 1.71 bits per heavy atom. The fourth-order valence-electron chi connectivity index (χ4n) is 3.66. The second kappa shape index (κ2) is 9.09. The van der Waals surface area contributed by atoms with Crippen molar-refractivity contribution in [3.63, 3.8) is 0 Å². The number of hydrogen-bond donors (Lipinski definition) is 1. The average molecular weight is 423 g/mol. The highest BCUT2D eigenvalue weighted by Crippen LogP contribution is 2.39. The molecule has 1 aliphatic rings. The predicted molar refractivity (Wildman–Crippen MR) is 116 cm³/mol. The first-order chi connectivity index (χ1) is 14.7. The van der Waals surface area contributed by atoms with Gasteiger partial charge in [0.25, 0.3) is 17.4 Å². The molecule has 0 radical (unpaired) electrons. The van der Waals surface area contributed by atoms with Crippen LogP contribution in [0.25, 0.3) is 5.76 Å². The number of non-ortho nitro benzene ring substituents is 1. The fraction of sp³-hybridized carbons (Fsp3) is 0.304. The minimum Gasteiger partial charge on any atom is -0.507 e. The first-order valence-corrected chi connectivity index (χ1v) is 9.95. The van der Waals surface area contributed by atoms with E-state index in [0.29, 0.717) is 30.6 Å². The van der Waals surface area contributed by atoms with Gasteiger partial charge in [-0.2, -0.15) is 0 Å². The zero-order valence-electron chi connectivity index (χ0n) is 17.7. The molecule has 1 N–H and O–H groups in total. The Hall–Kier alpha value is -3.52. The van der Waals surface area contributed by atoms with E-state index < -0.39 is 22.7 Å². The summed E-state index contributed by atoms with van der Waals surface area (Å²) in [5.41, 5.74) is 1.86. The molecule has 0 spiro atoms. The summed E-state index contributed by atoms with van der Waals surface area (Å²) in [7, 11) is 3.83. The minimum absolute atomic E-state index is 0.00689. The maximum absolute atomic E-state index is 12.9. The van der Waals surface area contributed by atoms with E-state index in [1.54, 1.807) is 12.1 Å². The molecule has 1 unspecified atom stereocenters. The van der Waals surface area contributed by atoms with Gasteiger partial charge in [0, 0.05) is 24.2 Å². The van der Waals surface area contributed by atoms with Gasteiger partial charge in [0.05, 0.1) is 16.5 Å². The number of nitro benzene ring substituents is 1. The molecule has 1 heterocycles. The number of Topliss-reactive ketones (excluding diaryl/α,β-unsaturated/α-hetero) is 1. The second-order valence-electron chi connectivity index (χ2n) is 7.86. The number of likely N-dealkylation sites (tertiary alicyclic amines) is 1. The van der Waals surface area contributed by atoms with Crippen molar-refractivity contribution in [2.45, 2.75) is 19.4 Å². The van der Waals surface area contributed by atoms with E-state index in [1.807, 2.05) is 38.1 Å². The molecule has 1 amide bonds. The fourth-order valence-corrected chi connectivity index (χ4v) is 3.66. The number of amides is 1. The topological polar surface area (TPSA) is 104 Å². The molecule has 0 aromatic heterocycles. The normalized spacial score (nSPS) is 18.1. The molecule has 0 bridgehead atoms. The van der Waals surface area contributed by atoms with E-state index in [2.05, 4.69) is 0 Å². The molecule has 1 atom stereocenters. The van der Waals surface area contributed by atoms with Gasteiger partial charge in [-0.3, -0.25) is 19.7 Å². The van der Waals surface area contributed by atoms with Crippen molar-refractivity contribution in [1.82, 2.24) is 9.80 Å². The van der Waals surface area contributed by atoms with E-state index in [9.17, 15) is 24.8 Å². The van der Waals surface area contributed by atoms with Gasteiger partial charge >= 0.3 is 0 Å². The van der Waals surface area contributed by atoms with Gasteiger partial charge in [0.15, 0.2) is 0 Å². The van der Waals surface area contributed by atoms with Crippen LogP contribution in [-0.2, 0) is 9.59 Å². The third-order valence-corrected chi connectivity index (χ3v) is 5.29. The summed E-state index contributed by atoms with van der Waals surface area (Å²) >= 11 is 0. The van der Waals surface area contributed by atoms with E-state index >= 15 is 0 Å². The van der Waals surface area contributed by atoms with Crippen LogP contribution < -0.4 is 0 Å². The van der Waals surface area contributed by atoms with Crippen molar-refractivity contribution in [3.8, 4) is 0 Å². The molecule has 3 rings (SSSR count). The van der Waals surface area contributed by atoms with Crippen LogP contribution in [0.2, 0.25) is 0 Å². The van der Waals surface area contributed by atoms with Crippen molar-refractivity contribution < 1.29 is 19.6 Å². The molecule has 31 heavy (non-hydrogen) atoms. The quantitative estimate of drug-likeness (QED) is 0.241. The molecule has 2 aromatic carbocycles. The van der Waals surface area contributed by atoms with Crippen LogP contribution in [0.4, 0.5) is 5.69 Å². The smallest absolute Gasteiger partial charge is 0.295 e. The van der Waals surface area contributed by atoms with Crippen LogP contribution >= 0.6 is 0 Å². The van der Waals surface area contributed by atoms with Crippen LogP contribution in [0.3, 0.4) is 0 Å². The summed E-state index contributed by atoms with van der Waals surface area (Å²) in [6.45, 7) is 2.94. The van der Waals surface area contributed by atoms with Gasteiger partial charge in [0.2, 0.25) is 0 Å². The lowest BCUT2D eigenvalue weighted by atomic mass is 9.95. The highest BCUT2D eigenvalue weighted by molar-refractivity contribution is 6.46. The number of hydrogen-bond acceptors (Lipinski definition) is 6. The molecule has 2 aromatic rings. The number of ketones is 1. The number of aryl methyl sites for hydroxylation is 1. The number of aliphatic hydroxyl groups excluding tert-OH is 1. The van der Waals surface area contributed by atoms with Gasteiger partial charge < -0.3 is 14.9 Å². The number of benzene rings is 2. The van der Waals surface area contributed by atoms with E-state index in [1.165, 1.54) is 29.2 Å². The number of rotatable bonds is 7. The number of carbonyl (C=O) groups is 2. The maximum Gasteiger partial charge on any atom is 0.295 e. The van der Waals surface area contributed by atoms with E-state index in [4.69, 9.17) is 0 Å². The van der Waals surface area contributed by atoms with E-state index in [-0.39, 0.29) is 17.0 Å². The largest absolute Gasteiger partial charge is 0.507 e. The van der Waals surface area contributed by atoms with Crippen molar-refractivity contribution in [2.75, 3.05) is 27.2 Å². The van der Waals surface area contributed by atoms with Crippen molar-refractivity contribution >= 4 is 23.1 Å². The van der Waals surface area contributed by atoms with Crippen molar-refractivity contribution in [1.29, 1.82) is 0 Å². The summed E-state index contributed by atoms with van der Waals surface area (Å²) in [6, 6.07) is 11.9. The molecular weight excluding hydrogens is 398 g/mol. The number of aliphatic hydroxyl groups is 1. The Balaban J connectivity index is 2.09. The van der Waals surface area contributed by atoms with Crippen LogP contribution in [0.1, 0.15) is 29.2 Å². The Morgan fingerprint density at radius 3 is 2.26 bits per heavy atom. The third-order valence-electron chi connectivity index (χ3n) is 5.29. The SMILES string of the molecule is Cc1ccc(C(O)=C2C(=O)C(=O)N(CCCN(C)C)C2c2ccc([N+](=O)[O-])cc2)cc1. The lowest BCUT2D eigenvalue weighted by molar-refractivity contribution is -0.384. The number of nitro groups is 1. The third kappa shape index (κ3) is 4.64. The second-order valence-corrected chi connectivity index (χ2v) is 7.86. The number of nitrogens with zero attached hydrogens (tertiary/aromatic N) is 3. The number of carbonyl (C=O) groups excluding carboxylic acids is 2. The first-order valence-electron chi connectivity index (χ1n) is 9.95.